The normalized spacial score (nSPS) is 12.1. The lowest BCUT2D eigenvalue weighted by atomic mass is 9.95. The molecule has 0 radical (unpaired) electrons. The van der Waals surface area contributed by atoms with Gasteiger partial charge in [0, 0.05) is 5.56 Å². The van der Waals surface area contributed by atoms with E-state index in [9.17, 15) is 14.7 Å². The summed E-state index contributed by atoms with van der Waals surface area (Å²) < 4.78 is 9.62. The van der Waals surface area contributed by atoms with Gasteiger partial charge in [0.05, 0.1) is 23.3 Å². The molecule has 1 N–H and O–H groups in total. The molecule has 1 aromatic rings. The lowest BCUT2D eigenvalue weighted by Gasteiger charge is -2.21. The molecule has 21 heavy (non-hydrogen) atoms. The van der Waals surface area contributed by atoms with Crippen LogP contribution in [0.5, 0.6) is 0 Å². The highest BCUT2D eigenvalue weighted by atomic mass is 35.5. The molecule has 0 aromatic heterocycles. The van der Waals surface area contributed by atoms with E-state index < -0.39 is 24.0 Å². The van der Waals surface area contributed by atoms with Gasteiger partial charge >= 0.3 is 11.9 Å². The van der Waals surface area contributed by atoms with Crippen LogP contribution in [-0.2, 0) is 19.1 Å². The van der Waals surface area contributed by atoms with Crippen LogP contribution in [0.1, 0.15) is 25.5 Å². The van der Waals surface area contributed by atoms with Gasteiger partial charge in [-0.25, -0.2) is 0 Å². The lowest BCUT2D eigenvalue weighted by molar-refractivity contribution is -0.167. The van der Waals surface area contributed by atoms with Crippen molar-refractivity contribution < 1.29 is 24.2 Å². The van der Waals surface area contributed by atoms with Gasteiger partial charge in [0.15, 0.2) is 5.92 Å². The van der Waals surface area contributed by atoms with Crippen LogP contribution < -0.4 is 0 Å². The van der Waals surface area contributed by atoms with Crippen LogP contribution in [0.4, 0.5) is 0 Å². The third kappa shape index (κ3) is 4.33. The minimum absolute atomic E-state index is 0.0741. The van der Waals surface area contributed by atoms with Crippen LogP contribution in [0.15, 0.2) is 18.2 Å². The quantitative estimate of drug-likeness (QED) is 0.639. The van der Waals surface area contributed by atoms with Crippen molar-refractivity contribution in [3.8, 4) is 0 Å². The van der Waals surface area contributed by atoms with Gasteiger partial charge in [-0.2, -0.15) is 0 Å². The van der Waals surface area contributed by atoms with Gasteiger partial charge < -0.3 is 14.6 Å². The topological polar surface area (TPSA) is 72.8 Å². The number of carbonyl (C=O) groups is 2. The Bertz CT molecular complexity index is 500. The average Bonchev–Trinajstić information content (AvgIpc) is 2.42. The lowest BCUT2D eigenvalue weighted by Crippen LogP contribution is -2.33. The monoisotopic (exact) mass is 334 g/mol. The van der Waals surface area contributed by atoms with Crippen LogP contribution in [0.3, 0.4) is 0 Å². The minimum atomic E-state index is -1.51. The highest BCUT2D eigenvalue weighted by molar-refractivity contribution is 6.42. The Morgan fingerprint density at radius 3 is 2.14 bits per heavy atom. The Labute approximate surface area is 132 Å². The minimum Gasteiger partial charge on any atom is -0.465 e. The zero-order chi connectivity index (χ0) is 16.0. The maximum atomic E-state index is 11.9. The molecular formula is C14H16Cl2O5. The van der Waals surface area contributed by atoms with Crippen molar-refractivity contribution in [2.45, 2.75) is 20.0 Å². The molecule has 1 aromatic carbocycles. The van der Waals surface area contributed by atoms with Crippen molar-refractivity contribution in [2.75, 3.05) is 13.2 Å². The summed E-state index contributed by atoms with van der Waals surface area (Å²) in [5.74, 6) is -3.26. The Kier molecular flexibility index (Phi) is 6.95. The molecule has 0 aliphatic heterocycles. The molecule has 0 bridgehead atoms. The van der Waals surface area contributed by atoms with Crippen molar-refractivity contribution in [2.24, 2.45) is 5.92 Å². The maximum Gasteiger partial charge on any atom is 0.323 e. The molecule has 7 heteroatoms. The molecule has 1 atom stereocenters. The van der Waals surface area contributed by atoms with Crippen molar-refractivity contribution in [1.82, 2.24) is 0 Å². The zero-order valence-corrected chi connectivity index (χ0v) is 13.1. The molecule has 0 spiro atoms. The van der Waals surface area contributed by atoms with E-state index in [1.54, 1.807) is 19.9 Å². The van der Waals surface area contributed by atoms with Gasteiger partial charge in [-0.15, -0.1) is 0 Å². The van der Waals surface area contributed by atoms with Gasteiger partial charge in [-0.1, -0.05) is 35.3 Å². The third-order valence-electron chi connectivity index (χ3n) is 2.70. The van der Waals surface area contributed by atoms with Gasteiger partial charge in [-0.05, 0) is 19.9 Å². The maximum absolute atomic E-state index is 11.9. The Morgan fingerprint density at radius 2 is 1.67 bits per heavy atom. The number of benzene rings is 1. The summed E-state index contributed by atoms with van der Waals surface area (Å²) in [7, 11) is 0. The first-order valence-corrected chi connectivity index (χ1v) is 7.14. The number of hydrogen-bond donors (Lipinski definition) is 1. The second-order valence-corrected chi connectivity index (χ2v) is 4.85. The van der Waals surface area contributed by atoms with E-state index in [-0.39, 0.29) is 28.8 Å². The first-order chi connectivity index (χ1) is 9.93. The van der Waals surface area contributed by atoms with Crippen LogP contribution in [-0.4, -0.2) is 30.3 Å². The van der Waals surface area contributed by atoms with Crippen molar-refractivity contribution in [3.05, 3.63) is 33.8 Å². The predicted molar refractivity (Wildman–Crippen MR) is 78.2 cm³/mol. The fourth-order valence-corrected chi connectivity index (χ4v) is 2.17. The van der Waals surface area contributed by atoms with Crippen LogP contribution in [0.25, 0.3) is 0 Å². The van der Waals surface area contributed by atoms with Crippen molar-refractivity contribution in [3.63, 3.8) is 0 Å². The molecule has 0 aliphatic carbocycles. The summed E-state index contributed by atoms with van der Waals surface area (Å²) in [5.41, 5.74) is 0.162. The standard InChI is InChI=1S/C14H16Cl2O5/c1-3-20-13(18)10(14(19)21-4-2)12(17)8-6-5-7-9(15)11(8)16/h5-7,10,12,17H,3-4H2,1-2H3. The summed E-state index contributed by atoms with van der Waals surface area (Å²) in [4.78, 5) is 23.8. The number of carbonyl (C=O) groups excluding carboxylic acids is 2. The molecular weight excluding hydrogens is 319 g/mol. The van der Waals surface area contributed by atoms with E-state index in [4.69, 9.17) is 32.7 Å². The fraction of sp³-hybridized carbons (Fsp3) is 0.429. The number of aliphatic hydroxyl groups excluding tert-OH is 1. The predicted octanol–water partition coefficient (Wildman–Crippen LogP) is 2.77. The van der Waals surface area contributed by atoms with Crippen LogP contribution in [0, 0.1) is 5.92 Å². The van der Waals surface area contributed by atoms with Gasteiger partial charge in [0.2, 0.25) is 0 Å². The van der Waals surface area contributed by atoms with Gasteiger partial charge in [0.25, 0.3) is 0 Å². The first kappa shape index (κ1) is 17.8. The van der Waals surface area contributed by atoms with Crippen molar-refractivity contribution in [1.29, 1.82) is 0 Å². The summed E-state index contributed by atoms with van der Waals surface area (Å²) in [6.45, 7) is 3.34. The smallest absolute Gasteiger partial charge is 0.323 e. The molecule has 0 fully saturated rings. The zero-order valence-electron chi connectivity index (χ0n) is 11.6. The SMILES string of the molecule is CCOC(=O)C(C(=O)OCC)C(O)c1cccc(Cl)c1Cl. The molecule has 0 saturated carbocycles. The Hall–Kier alpha value is -1.30. The summed E-state index contributed by atoms with van der Waals surface area (Å²) in [6.07, 6.45) is -1.51. The van der Waals surface area contributed by atoms with Gasteiger partial charge in [0.1, 0.15) is 6.10 Å². The Morgan fingerprint density at radius 1 is 1.14 bits per heavy atom. The van der Waals surface area contributed by atoms with Crippen molar-refractivity contribution >= 4 is 35.1 Å². The number of hydrogen-bond acceptors (Lipinski definition) is 5. The molecule has 0 amide bonds. The van der Waals surface area contributed by atoms with Crippen LogP contribution >= 0.6 is 23.2 Å². The molecule has 5 nitrogen and oxygen atoms in total. The highest BCUT2D eigenvalue weighted by Gasteiger charge is 2.38. The number of rotatable bonds is 6. The third-order valence-corrected chi connectivity index (χ3v) is 3.53. The molecule has 116 valence electrons. The van der Waals surface area contributed by atoms with E-state index in [0.29, 0.717) is 0 Å². The number of halogens is 2. The molecule has 0 heterocycles. The summed E-state index contributed by atoms with van der Waals surface area (Å²) >= 11 is 11.9. The highest BCUT2D eigenvalue weighted by Crippen LogP contribution is 2.34. The fourth-order valence-electron chi connectivity index (χ4n) is 1.75. The largest absolute Gasteiger partial charge is 0.465 e. The average molecular weight is 335 g/mol. The number of aliphatic hydroxyl groups is 1. The molecule has 0 saturated heterocycles. The Balaban J connectivity index is 3.15. The number of ether oxygens (including phenoxy) is 2. The molecule has 1 rings (SSSR count). The summed E-state index contributed by atoms with van der Waals surface area (Å²) in [5, 5.41) is 10.6. The molecule has 0 aliphatic rings. The van der Waals surface area contributed by atoms with E-state index in [0.717, 1.165) is 0 Å². The second kappa shape index (κ2) is 8.22. The molecule has 1 unspecified atom stereocenters. The van der Waals surface area contributed by atoms with Gasteiger partial charge in [-0.3, -0.25) is 9.59 Å². The van der Waals surface area contributed by atoms with E-state index >= 15 is 0 Å². The first-order valence-electron chi connectivity index (χ1n) is 6.39. The second-order valence-electron chi connectivity index (χ2n) is 4.07. The summed E-state index contributed by atoms with van der Waals surface area (Å²) in [6, 6.07) is 4.56. The number of esters is 2. The van der Waals surface area contributed by atoms with Crippen LogP contribution in [0.2, 0.25) is 10.0 Å². The van der Waals surface area contributed by atoms with E-state index in [2.05, 4.69) is 0 Å². The van der Waals surface area contributed by atoms with E-state index in [1.165, 1.54) is 12.1 Å². The van der Waals surface area contributed by atoms with E-state index in [1.807, 2.05) is 0 Å².